The molecular formula is C54H50O3. The smallest absolute Gasteiger partial charge is 0.174 e. The fourth-order valence-electron chi connectivity index (χ4n) is 9.93. The van der Waals surface area contributed by atoms with Crippen LogP contribution in [-0.2, 0) is 43.3 Å². The first-order chi connectivity index (χ1) is 28.0. The van der Waals surface area contributed by atoms with Gasteiger partial charge in [-0.2, -0.15) is 0 Å². The quantitative estimate of drug-likeness (QED) is 0.185. The van der Waals surface area contributed by atoms with Crippen molar-refractivity contribution >= 4 is 17.9 Å². The zero-order chi connectivity index (χ0) is 38.7. The molecular weight excluding hydrogens is 697 g/mol. The number of rotatable bonds is 6. The summed E-state index contributed by atoms with van der Waals surface area (Å²) in [5.41, 5.74) is 14.2. The number of aliphatic hydroxyl groups is 1. The largest absolute Gasteiger partial charge is 0.387 e. The fourth-order valence-corrected chi connectivity index (χ4v) is 9.93. The number of ketones is 1. The molecule has 0 amide bonds. The van der Waals surface area contributed by atoms with Gasteiger partial charge < -0.3 is 9.84 Å². The summed E-state index contributed by atoms with van der Waals surface area (Å²) in [5, 5.41) is 11.5. The van der Waals surface area contributed by atoms with E-state index in [9.17, 15) is 9.90 Å². The molecule has 3 unspecified atom stereocenters. The highest BCUT2D eigenvalue weighted by Crippen LogP contribution is 2.55. The lowest BCUT2D eigenvalue weighted by Gasteiger charge is -2.35. The maximum absolute atomic E-state index is 13.6. The van der Waals surface area contributed by atoms with Crippen LogP contribution in [0.3, 0.4) is 0 Å². The number of allylic oxidation sites excluding steroid dienone is 1. The van der Waals surface area contributed by atoms with Gasteiger partial charge in [0.2, 0.25) is 0 Å². The van der Waals surface area contributed by atoms with Crippen LogP contribution in [0.25, 0.3) is 12.2 Å². The molecule has 57 heavy (non-hydrogen) atoms. The van der Waals surface area contributed by atoms with Crippen LogP contribution < -0.4 is 0 Å². The van der Waals surface area contributed by atoms with Crippen LogP contribution in [-0.4, -0.2) is 24.1 Å². The van der Waals surface area contributed by atoms with Crippen LogP contribution >= 0.6 is 0 Å². The summed E-state index contributed by atoms with van der Waals surface area (Å²) in [4.78, 5) is 13.6. The molecule has 1 heterocycles. The molecule has 3 atom stereocenters. The average molecular weight is 747 g/mol. The zero-order valence-corrected chi connectivity index (χ0v) is 32.6. The van der Waals surface area contributed by atoms with Crippen LogP contribution in [0.1, 0.15) is 79.4 Å². The molecule has 11 rings (SSSR count). The average Bonchev–Trinajstić information content (AvgIpc) is 4.11. The molecule has 3 heteroatoms. The predicted octanol–water partition coefficient (Wildman–Crippen LogP) is 11.2. The number of aliphatic hydroxyl groups excluding tert-OH is 1. The Morgan fingerprint density at radius 1 is 0.526 bits per heavy atom. The maximum atomic E-state index is 13.6. The minimum absolute atomic E-state index is 0.260. The number of benzene rings is 6. The highest BCUT2D eigenvalue weighted by atomic mass is 16.5. The Balaban J connectivity index is 0.000000132. The third-order valence-electron chi connectivity index (χ3n) is 12.9. The summed E-state index contributed by atoms with van der Waals surface area (Å²) in [6.07, 6.45) is 11.8. The Morgan fingerprint density at radius 2 is 1.04 bits per heavy atom. The SMILES string of the molecule is C1CCOC1.O=C1c2ccccc2CC1(Cc1ccccc1)C1=Cc2ccccc2C1.OC1c2ccccc2CC1(Cc1ccccc1)C1=Cc2ccccc2C1. The maximum Gasteiger partial charge on any atom is 0.174 e. The highest BCUT2D eigenvalue weighted by molar-refractivity contribution is 6.08. The van der Waals surface area contributed by atoms with Gasteiger partial charge in [-0.25, -0.2) is 0 Å². The van der Waals surface area contributed by atoms with E-state index in [1.165, 1.54) is 68.5 Å². The molecule has 284 valence electrons. The standard InChI is InChI=1S/C25H22O.C25H20O.C4H8O/c2*26-24-23-13-7-6-12-21(23)17-25(24,16-18-8-2-1-3-9-18)22-14-19-10-4-5-11-20(19)15-22;1-2-4-5-3-1/h1-14,24,26H,15-17H2;1-14H,15-17H2;1-4H2. The molecule has 1 N–H and O–H groups in total. The first-order valence-electron chi connectivity index (χ1n) is 20.6. The van der Waals surface area contributed by atoms with E-state index in [1.807, 2.05) is 30.3 Å². The van der Waals surface area contributed by atoms with Crippen molar-refractivity contribution in [3.8, 4) is 0 Å². The summed E-state index contributed by atoms with van der Waals surface area (Å²) in [6, 6.07) is 54.7. The predicted molar refractivity (Wildman–Crippen MR) is 231 cm³/mol. The first kappa shape index (κ1) is 37.0. The third kappa shape index (κ3) is 7.27. The normalized spacial score (nSPS) is 22.2. The lowest BCUT2D eigenvalue weighted by Crippen LogP contribution is -2.33. The summed E-state index contributed by atoms with van der Waals surface area (Å²) >= 11 is 0. The summed E-state index contributed by atoms with van der Waals surface area (Å²) in [5.74, 6) is 0.288. The molecule has 6 aromatic carbocycles. The van der Waals surface area contributed by atoms with Crippen LogP contribution in [0.15, 0.2) is 169 Å². The molecule has 1 fully saturated rings. The lowest BCUT2D eigenvalue weighted by molar-refractivity contribution is 0.0651. The third-order valence-corrected chi connectivity index (χ3v) is 12.9. The Kier molecular flexibility index (Phi) is 10.4. The Morgan fingerprint density at radius 3 is 1.61 bits per heavy atom. The van der Waals surface area contributed by atoms with Gasteiger partial charge in [0, 0.05) is 24.2 Å². The van der Waals surface area contributed by atoms with Crippen molar-refractivity contribution in [2.75, 3.05) is 13.2 Å². The first-order valence-corrected chi connectivity index (χ1v) is 20.6. The molecule has 1 aliphatic heterocycles. The van der Waals surface area contributed by atoms with Gasteiger partial charge in [0.15, 0.2) is 5.78 Å². The minimum atomic E-state index is -0.459. The molecule has 0 spiro atoms. The number of hydrogen-bond donors (Lipinski definition) is 1. The van der Waals surface area contributed by atoms with E-state index in [1.54, 1.807) is 0 Å². The van der Waals surface area contributed by atoms with Crippen molar-refractivity contribution in [1.82, 2.24) is 0 Å². The van der Waals surface area contributed by atoms with Gasteiger partial charge in [-0.05, 0) is 101 Å². The molecule has 0 bridgehead atoms. The van der Waals surface area contributed by atoms with E-state index in [0.29, 0.717) is 0 Å². The van der Waals surface area contributed by atoms with Crippen molar-refractivity contribution < 1.29 is 14.6 Å². The molecule has 1 saturated heterocycles. The van der Waals surface area contributed by atoms with E-state index in [-0.39, 0.29) is 11.2 Å². The van der Waals surface area contributed by atoms with E-state index in [4.69, 9.17) is 4.74 Å². The molecule has 3 nitrogen and oxygen atoms in total. The van der Waals surface area contributed by atoms with Crippen molar-refractivity contribution in [2.24, 2.45) is 10.8 Å². The van der Waals surface area contributed by atoms with Gasteiger partial charge in [-0.15, -0.1) is 0 Å². The number of fused-ring (bicyclic) bond motifs is 4. The molecule has 4 aliphatic carbocycles. The molecule has 0 aromatic heterocycles. The van der Waals surface area contributed by atoms with Crippen molar-refractivity contribution in [1.29, 1.82) is 0 Å². The van der Waals surface area contributed by atoms with Gasteiger partial charge in [0.05, 0.1) is 11.5 Å². The topological polar surface area (TPSA) is 46.5 Å². The molecule has 0 radical (unpaired) electrons. The highest BCUT2D eigenvalue weighted by Gasteiger charge is 2.50. The van der Waals surface area contributed by atoms with Crippen molar-refractivity contribution in [2.45, 2.75) is 57.5 Å². The number of carbonyl (C=O) groups excluding carboxylic acids is 1. The molecule has 5 aliphatic rings. The Bertz CT molecular complexity index is 2430. The summed E-state index contributed by atoms with van der Waals surface area (Å²) in [6.45, 7) is 2.00. The number of carbonyl (C=O) groups is 1. The van der Waals surface area contributed by atoms with E-state index in [0.717, 1.165) is 62.9 Å². The van der Waals surface area contributed by atoms with Gasteiger partial charge in [-0.3, -0.25) is 4.79 Å². The van der Waals surface area contributed by atoms with E-state index in [2.05, 4.69) is 140 Å². The van der Waals surface area contributed by atoms with Gasteiger partial charge >= 0.3 is 0 Å². The lowest BCUT2D eigenvalue weighted by atomic mass is 9.70. The zero-order valence-electron chi connectivity index (χ0n) is 32.6. The minimum Gasteiger partial charge on any atom is -0.387 e. The monoisotopic (exact) mass is 746 g/mol. The second-order valence-electron chi connectivity index (χ2n) is 16.4. The van der Waals surface area contributed by atoms with Gasteiger partial charge in [0.1, 0.15) is 0 Å². The van der Waals surface area contributed by atoms with Crippen LogP contribution in [0, 0.1) is 10.8 Å². The van der Waals surface area contributed by atoms with Crippen LogP contribution in [0.4, 0.5) is 0 Å². The summed E-state index contributed by atoms with van der Waals surface area (Å²) < 4.78 is 4.94. The van der Waals surface area contributed by atoms with Crippen molar-refractivity contribution in [3.05, 3.63) is 225 Å². The van der Waals surface area contributed by atoms with E-state index < -0.39 is 11.5 Å². The molecule has 0 saturated carbocycles. The fraction of sp³-hybridized carbons (Fsp3) is 0.241. The Hall–Kier alpha value is -5.61. The van der Waals surface area contributed by atoms with E-state index >= 15 is 0 Å². The summed E-state index contributed by atoms with van der Waals surface area (Å²) in [7, 11) is 0. The van der Waals surface area contributed by atoms with Crippen LogP contribution in [0.2, 0.25) is 0 Å². The van der Waals surface area contributed by atoms with Crippen LogP contribution in [0.5, 0.6) is 0 Å². The second-order valence-corrected chi connectivity index (χ2v) is 16.4. The molecule has 6 aromatic rings. The van der Waals surface area contributed by atoms with Gasteiger partial charge in [0.25, 0.3) is 0 Å². The van der Waals surface area contributed by atoms with Gasteiger partial charge in [-0.1, -0.05) is 181 Å². The second kappa shape index (κ2) is 16.1. The number of ether oxygens (including phenoxy) is 1. The van der Waals surface area contributed by atoms with Crippen molar-refractivity contribution in [3.63, 3.8) is 0 Å². The number of Topliss-reactive ketones (excluding diaryl/α,β-unsaturated/α-hetero) is 1. The number of hydrogen-bond acceptors (Lipinski definition) is 3. The Labute approximate surface area is 337 Å².